The lowest BCUT2D eigenvalue weighted by Gasteiger charge is -2.26. The molecule has 1 aliphatic rings. The summed E-state index contributed by atoms with van der Waals surface area (Å²) in [5, 5.41) is 2.84. The van der Waals surface area contributed by atoms with Gasteiger partial charge < -0.3 is 4.74 Å². The number of anilines is 1. The number of imide groups is 2. The fourth-order valence-electron chi connectivity index (χ4n) is 3.32. The summed E-state index contributed by atoms with van der Waals surface area (Å²) < 4.78 is 6.48. The number of benzene rings is 3. The number of aryl methyl sites for hydroxylation is 1. The highest BCUT2D eigenvalue weighted by atomic mass is 79.9. The van der Waals surface area contributed by atoms with Crippen LogP contribution < -0.4 is 15.0 Å². The van der Waals surface area contributed by atoms with Crippen LogP contribution in [0, 0.1) is 6.92 Å². The minimum absolute atomic E-state index is 0.146. The van der Waals surface area contributed by atoms with Gasteiger partial charge in [0.2, 0.25) is 0 Å². The molecular weight excluding hydrogens is 508 g/mol. The molecule has 8 heteroatoms. The van der Waals surface area contributed by atoms with Gasteiger partial charge in [-0.3, -0.25) is 14.9 Å². The van der Waals surface area contributed by atoms with Crippen molar-refractivity contribution in [3.8, 4) is 5.75 Å². The molecule has 0 unspecified atom stereocenters. The van der Waals surface area contributed by atoms with Gasteiger partial charge in [0.25, 0.3) is 11.8 Å². The number of hydrogen-bond donors (Lipinski definition) is 1. The van der Waals surface area contributed by atoms with Crippen molar-refractivity contribution in [2.75, 3.05) is 4.90 Å². The van der Waals surface area contributed by atoms with E-state index in [2.05, 4.69) is 21.2 Å². The van der Waals surface area contributed by atoms with Crippen molar-refractivity contribution in [1.82, 2.24) is 5.32 Å². The standard InChI is InChI=1S/C25H18BrClN2O4/c1-15-5-4-7-18(11-15)29-24(31)19(23(30)28-25(29)32)12-16-9-10-22(20(26)13-16)33-14-17-6-2-3-8-21(17)27/h2-13H,14H2,1H3,(H,28,30,32)/b19-12+. The topological polar surface area (TPSA) is 75.7 Å². The van der Waals surface area contributed by atoms with Crippen molar-refractivity contribution in [2.45, 2.75) is 13.5 Å². The molecule has 0 radical (unpaired) electrons. The highest BCUT2D eigenvalue weighted by Crippen LogP contribution is 2.29. The zero-order chi connectivity index (χ0) is 23.5. The molecule has 0 atom stereocenters. The molecule has 6 nitrogen and oxygen atoms in total. The number of halogens is 2. The molecule has 0 bridgehead atoms. The van der Waals surface area contributed by atoms with Crippen LogP contribution in [0.5, 0.6) is 5.75 Å². The number of carbonyl (C=O) groups excluding carboxylic acids is 3. The minimum Gasteiger partial charge on any atom is -0.488 e. The molecule has 3 aromatic rings. The molecule has 33 heavy (non-hydrogen) atoms. The summed E-state index contributed by atoms with van der Waals surface area (Å²) >= 11 is 9.63. The van der Waals surface area contributed by atoms with Crippen molar-refractivity contribution >= 4 is 57.1 Å². The van der Waals surface area contributed by atoms with Gasteiger partial charge in [-0.25, -0.2) is 9.69 Å². The highest BCUT2D eigenvalue weighted by Gasteiger charge is 2.36. The molecule has 0 spiro atoms. The Kier molecular flexibility index (Phi) is 6.62. The third-order valence-electron chi connectivity index (χ3n) is 4.97. The van der Waals surface area contributed by atoms with Crippen LogP contribution >= 0.6 is 27.5 Å². The van der Waals surface area contributed by atoms with Crippen LogP contribution in [0.1, 0.15) is 16.7 Å². The zero-order valence-corrected chi connectivity index (χ0v) is 19.8. The van der Waals surface area contributed by atoms with Gasteiger partial charge in [-0.05, 0) is 70.4 Å². The maximum Gasteiger partial charge on any atom is 0.335 e. The SMILES string of the molecule is Cc1cccc(N2C(=O)NC(=O)/C(=C\c3ccc(OCc4ccccc4Cl)c(Br)c3)C2=O)c1. The summed E-state index contributed by atoms with van der Waals surface area (Å²) in [6.07, 6.45) is 1.44. The van der Waals surface area contributed by atoms with Crippen LogP contribution in [0.25, 0.3) is 6.08 Å². The predicted molar refractivity (Wildman–Crippen MR) is 130 cm³/mol. The van der Waals surface area contributed by atoms with E-state index in [-0.39, 0.29) is 12.2 Å². The third-order valence-corrected chi connectivity index (χ3v) is 5.96. The van der Waals surface area contributed by atoms with Crippen LogP contribution in [-0.2, 0) is 16.2 Å². The monoisotopic (exact) mass is 524 g/mol. The second-order valence-electron chi connectivity index (χ2n) is 7.37. The summed E-state index contributed by atoms with van der Waals surface area (Å²) in [7, 11) is 0. The molecule has 1 saturated heterocycles. The Balaban J connectivity index is 1.57. The first-order valence-corrected chi connectivity index (χ1v) is 11.1. The van der Waals surface area contributed by atoms with Crippen molar-refractivity contribution < 1.29 is 19.1 Å². The van der Waals surface area contributed by atoms with Crippen LogP contribution in [0.2, 0.25) is 5.02 Å². The van der Waals surface area contributed by atoms with Crippen molar-refractivity contribution in [1.29, 1.82) is 0 Å². The molecule has 3 aromatic carbocycles. The summed E-state index contributed by atoms with van der Waals surface area (Å²) in [5.41, 5.74) is 2.56. The highest BCUT2D eigenvalue weighted by molar-refractivity contribution is 9.10. The number of nitrogens with one attached hydrogen (secondary N) is 1. The van der Waals surface area contributed by atoms with E-state index in [1.54, 1.807) is 42.5 Å². The van der Waals surface area contributed by atoms with Gasteiger partial charge in [0, 0.05) is 10.6 Å². The number of amides is 4. The van der Waals surface area contributed by atoms with Gasteiger partial charge in [0.15, 0.2) is 0 Å². The zero-order valence-electron chi connectivity index (χ0n) is 17.5. The lowest BCUT2D eigenvalue weighted by atomic mass is 10.1. The lowest BCUT2D eigenvalue weighted by Crippen LogP contribution is -2.54. The Morgan fingerprint density at radius 1 is 1.03 bits per heavy atom. The second kappa shape index (κ2) is 9.60. The first kappa shape index (κ1) is 22.8. The number of hydrogen-bond acceptors (Lipinski definition) is 4. The number of urea groups is 1. The van der Waals surface area contributed by atoms with Gasteiger partial charge in [-0.2, -0.15) is 0 Å². The summed E-state index contributed by atoms with van der Waals surface area (Å²) in [6, 6.07) is 18.7. The van der Waals surface area contributed by atoms with Crippen molar-refractivity contribution in [3.63, 3.8) is 0 Å². The molecular formula is C25H18BrClN2O4. The van der Waals surface area contributed by atoms with Crippen molar-refractivity contribution in [3.05, 3.63) is 98.5 Å². The van der Waals surface area contributed by atoms with Gasteiger partial charge in [-0.15, -0.1) is 0 Å². The molecule has 4 amide bonds. The summed E-state index contributed by atoms with van der Waals surface area (Å²) in [5.74, 6) is -0.860. The molecule has 1 aliphatic heterocycles. The van der Waals surface area contributed by atoms with E-state index < -0.39 is 17.8 Å². The molecule has 1 N–H and O–H groups in total. The van der Waals surface area contributed by atoms with Gasteiger partial charge in [0.05, 0.1) is 10.2 Å². The molecule has 0 saturated carbocycles. The van der Waals surface area contributed by atoms with Crippen LogP contribution in [0.3, 0.4) is 0 Å². The number of barbiturate groups is 1. The van der Waals surface area contributed by atoms with E-state index in [9.17, 15) is 14.4 Å². The van der Waals surface area contributed by atoms with Crippen LogP contribution in [-0.4, -0.2) is 17.8 Å². The van der Waals surface area contributed by atoms with E-state index in [1.807, 2.05) is 31.2 Å². The van der Waals surface area contributed by atoms with Gasteiger partial charge in [0.1, 0.15) is 17.9 Å². The van der Waals surface area contributed by atoms with Gasteiger partial charge >= 0.3 is 6.03 Å². The predicted octanol–water partition coefficient (Wildman–Crippen LogP) is 5.66. The fraction of sp³-hybridized carbons (Fsp3) is 0.0800. The Bertz CT molecular complexity index is 1310. The maximum atomic E-state index is 13.0. The number of nitrogens with zero attached hydrogens (tertiary/aromatic N) is 1. The Morgan fingerprint density at radius 3 is 2.55 bits per heavy atom. The summed E-state index contributed by atoms with van der Waals surface area (Å²) in [4.78, 5) is 38.7. The van der Waals surface area contributed by atoms with E-state index in [0.717, 1.165) is 16.0 Å². The smallest absolute Gasteiger partial charge is 0.335 e. The van der Waals surface area contributed by atoms with Crippen molar-refractivity contribution in [2.24, 2.45) is 0 Å². The largest absolute Gasteiger partial charge is 0.488 e. The van der Waals surface area contributed by atoms with E-state index in [4.69, 9.17) is 16.3 Å². The van der Waals surface area contributed by atoms with Crippen LogP contribution in [0.4, 0.5) is 10.5 Å². The Labute approximate surface area is 203 Å². The fourth-order valence-corrected chi connectivity index (χ4v) is 4.02. The quantitative estimate of drug-likeness (QED) is 0.345. The second-order valence-corrected chi connectivity index (χ2v) is 8.63. The normalized spacial score (nSPS) is 15.1. The van der Waals surface area contributed by atoms with Crippen LogP contribution in [0.15, 0.2) is 76.8 Å². The number of rotatable bonds is 5. The first-order valence-electron chi connectivity index (χ1n) is 9.97. The molecule has 1 fully saturated rings. The van der Waals surface area contributed by atoms with E-state index in [0.29, 0.717) is 26.5 Å². The molecule has 0 aliphatic carbocycles. The number of ether oxygens (including phenoxy) is 1. The Hall–Kier alpha value is -3.42. The molecule has 166 valence electrons. The average Bonchev–Trinajstić information content (AvgIpc) is 2.77. The van der Waals surface area contributed by atoms with E-state index in [1.165, 1.54) is 6.08 Å². The lowest BCUT2D eigenvalue weighted by molar-refractivity contribution is -0.122. The maximum absolute atomic E-state index is 13.0. The third kappa shape index (κ3) is 4.99. The average molecular weight is 526 g/mol. The van der Waals surface area contributed by atoms with E-state index >= 15 is 0 Å². The molecule has 4 rings (SSSR count). The van der Waals surface area contributed by atoms with Gasteiger partial charge in [-0.1, -0.05) is 48.0 Å². The number of carbonyl (C=O) groups is 3. The Morgan fingerprint density at radius 2 is 1.82 bits per heavy atom. The molecule has 1 heterocycles. The minimum atomic E-state index is -0.780. The summed E-state index contributed by atoms with van der Waals surface area (Å²) in [6.45, 7) is 2.14. The first-order chi connectivity index (χ1) is 15.8. The molecule has 0 aromatic heterocycles.